The van der Waals surface area contributed by atoms with E-state index in [4.69, 9.17) is 14.2 Å². The number of aromatic nitrogens is 2. The number of fused-ring (bicyclic) bond motifs is 1. The largest absolute Gasteiger partial charge is 0.493 e. The van der Waals surface area contributed by atoms with Crippen LogP contribution in [0.15, 0.2) is 47.7 Å². The molecule has 1 aromatic carbocycles. The summed E-state index contributed by atoms with van der Waals surface area (Å²) in [5.74, 6) is 1.08. The molecule has 0 radical (unpaired) electrons. The number of rotatable bonds is 5. The number of nitrogens with one attached hydrogen (secondary N) is 1. The summed E-state index contributed by atoms with van der Waals surface area (Å²) in [5.41, 5.74) is 0.281. The first-order valence-corrected chi connectivity index (χ1v) is 8.25. The number of pyridine rings is 2. The Labute approximate surface area is 155 Å². The second kappa shape index (κ2) is 7.77. The minimum absolute atomic E-state index is 0.214. The molecule has 8 heteroatoms. The first-order valence-electron chi connectivity index (χ1n) is 8.25. The monoisotopic (exact) mass is 369 g/mol. The molecule has 2 heterocycles. The van der Waals surface area contributed by atoms with Gasteiger partial charge in [-0.15, -0.1) is 0 Å². The first kappa shape index (κ1) is 18.2. The summed E-state index contributed by atoms with van der Waals surface area (Å²) in [5, 5.41) is 3.40. The molecule has 0 bridgehead atoms. The Bertz CT molecular complexity index is 1030. The molecule has 0 fully saturated rings. The van der Waals surface area contributed by atoms with Crippen LogP contribution in [0.25, 0.3) is 10.8 Å². The molecular weight excluding hydrogens is 350 g/mol. The van der Waals surface area contributed by atoms with Crippen molar-refractivity contribution in [3.05, 3.63) is 53.2 Å². The lowest BCUT2D eigenvalue weighted by molar-refractivity contribution is 0.215. The zero-order valence-corrected chi connectivity index (χ0v) is 15.2. The highest BCUT2D eigenvalue weighted by molar-refractivity contribution is 5.94. The van der Waals surface area contributed by atoms with Crippen molar-refractivity contribution in [2.75, 3.05) is 19.5 Å². The van der Waals surface area contributed by atoms with Gasteiger partial charge < -0.3 is 18.8 Å². The van der Waals surface area contributed by atoms with Crippen molar-refractivity contribution in [3.8, 4) is 17.2 Å². The molecule has 27 heavy (non-hydrogen) atoms. The SMILES string of the molecule is CCn1cc(OC(=O)Nc2cccnc2)c2cc(OC)c(OC)cc2c1=O. The van der Waals surface area contributed by atoms with E-state index in [1.165, 1.54) is 31.2 Å². The maximum Gasteiger partial charge on any atom is 0.417 e. The van der Waals surface area contributed by atoms with Gasteiger partial charge in [-0.25, -0.2) is 4.79 Å². The minimum Gasteiger partial charge on any atom is -0.493 e. The Balaban J connectivity index is 2.06. The van der Waals surface area contributed by atoms with E-state index in [9.17, 15) is 9.59 Å². The second-order valence-corrected chi connectivity index (χ2v) is 5.59. The average Bonchev–Trinajstić information content (AvgIpc) is 2.69. The molecule has 0 saturated carbocycles. The number of carbonyl (C=O) groups excluding carboxylic acids is 1. The Hall–Kier alpha value is -3.55. The molecule has 0 atom stereocenters. The van der Waals surface area contributed by atoms with Crippen molar-refractivity contribution in [1.82, 2.24) is 9.55 Å². The molecule has 0 aliphatic carbocycles. The van der Waals surface area contributed by atoms with Gasteiger partial charge in [-0.1, -0.05) is 0 Å². The summed E-state index contributed by atoms with van der Waals surface area (Å²) in [6.07, 6.45) is 3.90. The number of anilines is 1. The van der Waals surface area contributed by atoms with Gasteiger partial charge in [0.2, 0.25) is 0 Å². The van der Waals surface area contributed by atoms with Gasteiger partial charge in [0.15, 0.2) is 17.2 Å². The van der Waals surface area contributed by atoms with Gasteiger partial charge in [0.1, 0.15) is 0 Å². The molecule has 0 unspecified atom stereocenters. The third-order valence-corrected chi connectivity index (χ3v) is 4.00. The molecule has 1 amide bonds. The number of carbonyl (C=O) groups is 1. The van der Waals surface area contributed by atoms with Crippen molar-refractivity contribution >= 4 is 22.6 Å². The number of methoxy groups -OCH3 is 2. The van der Waals surface area contributed by atoms with Crippen LogP contribution in [0.2, 0.25) is 0 Å². The van der Waals surface area contributed by atoms with Crippen LogP contribution >= 0.6 is 0 Å². The second-order valence-electron chi connectivity index (χ2n) is 5.59. The van der Waals surface area contributed by atoms with Crippen LogP contribution in [0.3, 0.4) is 0 Å². The van der Waals surface area contributed by atoms with Crippen LogP contribution in [0.1, 0.15) is 6.92 Å². The van der Waals surface area contributed by atoms with E-state index in [-0.39, 0.29) is 11.3 Å². The Morgan fingerprint density at radius 2 is 1.85 bits per heavy atom. The first-order chi connectivity index (χ1) is 13.1. The van der Waals surface area contributed by atoms with Crippen LogP contribution in [0.5, 0.6) is 17.2 Å². The molecule has 1 N–H and O–H groups in total. The van der Waals surface area contributed by atoms with Crippen molar-refractivity contribution in [2.45, 2.75) is 13.5 Å². The van der Waals surface area contributed by atoms with Crippen LogP contribution in [-0.4, -0.2) is 29.9 Å². The standard InChI is InChI=1S/C19H19N3O5/c1-4-22-11-17(27-19(24)21-12-6-5-7-20-10-12)13-8-15(25-2)16(26-3)9-14(13)18(22)23/h5-11H,4H2,1-3H3,(H,21,24). The molecule has 0 spiro atoms. The van der Waals surface area contributed by atoms with Crippen molar-refractivity contribution < 1.29 is 19.0 Å². The van der Waals surface area contributed by atoms with E-state index in [1.807, 2.05) is 6.92 Å². The normalized spacial score (nSPS) is 10.5. The van der Waals surface area contributed by atoms with Gasteiger partial charge in [-0.3, -0.25) is 15.1 Å². The predicted octanol–water partition coefficient (Wildman–Crippen LogP) is 3.04. The lowest BCUT2D eigenvalue weighted by Gasteiger charge is -2.14. The molecule has 0 aliphatic rings. The van der Waals surface area contributed by atoms with Crippen molar-refractivity contribution in [2.24, 2.45) is 0 Å². The number of aryl methyl sites for hydroxylation is 1. The number of hydrogen-bond acceptors (Lipinski definition) is 6. The Morgan fingerprint density at radius 3 is 2.44 bits per heavy atom. The van der Waals surface area contributed by atoms with Gasteiger partial charge in [-0.2, -0.15) is 0 Å². The summed E-state index contributed by atoms with van der Waals surface area (Å²) in [6, 6.07) is 6.57. The minimum atomic E-state index is -0.694. The van der Waals surface area contributed by atoms with E-state index in [2.05, 4.69) is 10.3 Å². The highest BCUT2D eigenvalue weighted by atomic mass is 16.6. The van der Waals surface area contributed by atoms with Crippen molar-refractivity contribution in [1.29, 1.82) is 0 Å². The zero-order chi connectivity index (χ0) is 19.4. The van der Waals surface area contributed by atoms with E-state index in [1.54, 1.807) is 30.5 Å². The van der Waals surface area contributed by atoms with Gasteiger partial charge in [-0.05, 0) is 31.2 Å². The Morgan fingerprint density at radius 1 is 1.15 bits per heavy atom. The summed E-state index contributed by atoms with van der Waals surface area (Å²) in [6.45, 7) is 2.25. The maximum atomic E-state index is 12.7. The lowest BCUT2D eigenvalue weighted by Crippen LogP contribution is -2.22. The number of amides is 1. The van der Waals surface area contributed by atoms with Crippen LogP contribution in [0.4, 0.5) is 10.5 Å². The Kier molecular flexibility index (Phi) is 5.25. The third kappa shape index (κ3) is 3.69. The molecular formula is C19H19N3O5. The zero-order valence-electron chi connectivity index (χ0n) is 15.2. The highest BCUT2D eigenvalue weighted by Crippen LogP contribution is 2.35. The fraction of sp³-hybridized carbons (Fsp3) is 0.211. The van der Waals surface area contributed by atoms with Crippen LogP contribution < -0.4 is 25.1 Å². The van der Waals surface area contributed by atoms with Gasteiger partial charge in [0.25, 0.3) is 5.56 Å². The fourth-order valence-electron chi connectivity index (χ4n) is 2.68. The summed E-state index contributed by atoms with van der Waals surface area (Å²) < 4.78 is 17.5. The lowest BCUT2D eigenvalue weighted by atomic mass is 10.1. The molecule has 0 aliphatic heterocycles. The number of nitrogens with zero attached hydrogens (tertiary/aromatic N) is 2. The number of ether oxygens (including phenoxy) is 3. The van der Waals surface area contributed by atoms with Crippen molar-refractivity contribution in [3.63, 3.8) is 0 Å². The highest BCUT2D eigenvalue weighted by Gasteiger charge is 2.17. The fourth-order valence-corrected chi connectivity index (χ4v) is 2.68. The topological polar surface area (TPSA) is 91.7 Å². The van der Waals surface area contributed by atoms with E-state index in [0.717, 1.165) is 0 Å². The summed E-state index contributed by atoms with van der Waals surface area (Å²) >= 11 is 0. The van der Waals surface area contributed by atoms with Gasteiger partial charge in [0, 0.05) is 18.1 Å². The smallest absolute Gasteiger partial charge is 0.417 e. The molecule has 3 aromatic rings. The van der Waals surface area contributed by atoms with E-state index in [0.29, 0.717) is 34.5 Å². The van der Waals surface area contributed by atoms with Crippen LogP contribution in [0, 0.1) is 0 Å². The van der Waals surface area contributed by atoms with E-state index < -0.39 is 6.09 Å². The molecule has 140 valence electrons. The van der Waals surface area contributed by atoms with E-state index >= 15 is 0 Å². The summed E-state index contributed by atoms with van der Waals surface area (Å²) in [7, 11) is 2.98. The average molecular weight is 369 g/mol. The molecule has 2 aromatic heterocycles. The number of benzene rings is 1. The molecule has 0 saturated heterocycles. The quantitative estimate of drug-likeness (QED) is 0.743. The number of hydrogen-bond donors (Lipinski definition) is 1. The molecule has 3 rings (SSSR count). The van der Waals surface area contributed by atoms with Gasteiger partial charge >= 0.3 is 6.09 Å². The molecule has 8 nitrogen and oxygen atoms in total. The summed E-state index contributed by atoms with van der Waals surface area (Å²) in [4.78, 5) is 28.9. The van der Waals surface area contributed by atoms with Gasteiger partial charge in [0.05, 0.1) is 37.7 Å². The third-order valence-electron chi connectivity index (χ3n) is 4.00. The maximum absolute atomic E-state index is 12.7. The predicted molar refractivity (Wildman–Crippen MR) is 101 cm³/mol. The van der Waals surface area contributed by atoms with Crippen LogP contribution in [-0.2, 0) is 6.54 Å².